The Labute approximate surface area is 150 Å². The first-order valence-corrected chi connectivity index (χ1v) is 9.15. The van der Waals surface area contributed by atoms with Crippen LogP contribution < -0.4 is 5.32 Å². The zero-order valence-electron chi connectivity index (χ0n) is 15.7. The lowest BCUT2D eigenvalue weighted by Gasteiger charge is -2.37. The van der Waals surface area contributed by atoms with Gasteiger partial charge in [0.15, 0.2) is 0 Å². The molecular weight excluding hydrogens is 316 g/mol. The van der Waals surface area contributed by atoms with Gasteiger partial charge in [0.2, 0.25) is 0 Å². The highest BCUT2D eigenvalue weighted by Crippen LogP contribution is 2.25. The third-order valence-corrected chi connectivity index (χ3v) is 4.43. The lowest BCUT2D eigenvalue weighted by atomic mass is 9.89. The topological polar surface area (TPSA) is 58.6 Å². The molecule has 1 saturated carbocycles. The fourth-order valence-electron chi connectivity index (χ4n) is 3.37. The maximum absolute atomic E-state index is 12.8. The molecule has 1 aliphatic carbocycles. The average molecular weight is 346 g/mol. The summed E-state index contributed by atoms with van der Waals surface area (Å²) in [7, 11) is 0. The Morgan fingerprint density at radius 1 is 1.20 bits per heavy atom. The highest BCUT2D eigenvalue weighted by molar-refractivity contribution is 5.94. The first-order valence-electron chi connectivity index (χ1n) is 9.15. The van der Waals surface area contributed by atoms with Gasteiger partial charge in [0.05, 0.1) is 0 Å². The summed E-state index contributed by atoms with van der Waals surface area (Å²) in [6, 6.07) is 9.57. The Kier molecular flexibility index (Phi) is 6.45. The van der Waals surface area contributed by atoms with E-state index in [0.717, 1.165) is 25.7 Å². The second-order valence-corrected chi connectivity index (χ2v) is 7.62. The summed E-state index contributed by atoms with van der Waals surface area (Å²) in [5.41, 5.74) is 0.211. The van der Waals surface area contributed by atoms with Gasteiger partial charge in [-0.2, -0.15) is 0 Å². The second-order valence-electron chi connectivity index (χ2n) is 7.62. The van der Waals surface area contributed by atoms with Gasteiger partial charge in [-0.25, -0.2) is 4.79 Å². The Bertz CT molecular complexity index is 580. The summed E-state index contributed by atoms with van der Waals surface area (Å²) in [5.74, 6) is 0.0611. The predicted octanol–water partition coefficient (Wildman–Crippen LogP) is 3.98. The van der Waals surface area contributed by atoms with E-state index in [1.54, 1.807) is 0 Å². The smallest absolute Gasteiger partial charge is 0.407 e. The van der Waals surface area contributed by atoms with Crippen molar-refractivity contribution in [2.75, 3.05) is 6.54 Å². The van der Waals surface area contributed by atoms with Crippen molar-refractivity contribution in [1.82, 2.24) is 10.2 Å². The highest BCUT2D eigenvalue weighted by Gasteiger charge is 2.30. The Morgan fingerprint density at radius 2 is 1.88 bits per heavy atom. The van der Waals surface area contributed by atoms with Crippen LogP contribution in [0.4, 0.5) is 4.79 Å². The van der Waals surface area contributed by atoms with Crippen LogP contribution in [0, 0.1) is 0 Å². The quantitative estimate of drug-likeness (QED) is 0.897. The van der Waals surface area contributed by atoms with Gasteiger partial charge in [-0.1, -0.05) is 18.2 Å². The van der Waals surface area contributed by atoms with E-state index < -0.39 is 5.60 Å². The van der Waals surface area contributed by atoms with Crippen LogP contribution in [0.5, 0.6) is 0 Å². The normalized spacial score (nSPS) is 20.6. The molecule has 0 aromatic heterocycles. The number of amides is 2. The largest absolute Gasteiger partial charge is 0.444 e. The minimum absolute atomic E-state index is 0.0474. The zero-order valence-corrected chi connectivity index (χ0v) is 15.7. The van der Waals surface area contributed by atoms with Gasteiger partial charge < -0.3 is 15.0 Å². The van der Waals surface area contributed by atoms with E-state index in [0.29, 0.717) is 12.1 Å². The molecular formula is C20H30N2O3. The molecule has 0 bridgehead atoms. The van der Waals surface area contributed by atoms with Crippen molar-refractivity contribution in [3.05, 3.63) is 35.9 Å². The Morgan fingerprint density at radius 3 is 2.48 bits per heavy atom. The lowest BCUT2D eigenvalue weighted by Crippen LogP contribution is -2.48. The van der Waals surface area contributed by atoms with Crippen molar-refractivity contribution in [3.63, 3.8) is 0 Å². The van der Waals surface area contributed by atoms with Gasteiger partial charge in [-0.05, 0) is 65.5 Å². The fraction of sp³-hybridized carbons (Fsp3) is 0.600. The van der Waals surface area contributed by atoms with Crippen LogP contribution >= 0.6 is 0 Å². The third-order valence-electron chi connectivity index (χ3n) is 4.43. The van der Waals surface area contributed by atoms with Crippen LogP contribution in [0.3, 0.4) is 0 Å². The average Bonchev–Trinajstić information content (AvgIpc) is 2.55. The molecule has 0 heterocycles. The van der Waals surface area contributed by atoms with Crippen molar-refractivity contribution < 1.29 is 14.3 Å². The van der Waals surface area contributed by atoms with Crippen LogP contribution in [0.25, 0.3) is 0 Å². The number of hydrogen-bond donors (Lipinski definition) is 1. The minimum atomic E-state index is -0.503. The number of nitrogens with one attached hydrogen (secondary N) is 1. The monoisotopic (exact) mass is 346 g/mol. The zero-order chi connectivity index (χ0) is 18.4. The van der Waals surface area contributed by atoms with Crippen molar-refractivity contribution >= 4 is 12.0 Å². The van der Waals surface area contributed by atoms with Crippen LogP contribution in [0.15, 0.2) is 30.3 Å². The summed E-state index contributed by atoms with van der Waals surface area (Å²) in [6.45, 7) is 8.23. The summed E-state index contributed by atoms with van der Waals surface area (Å²) >= 11 is 0. The van der Waals surface area contributed by atoms with E-state index in [4.69, 9.17) is 4.74 Å². The van der Waals surface area contributed by atoms with Gasteiger partial charge >= 0.3 is 6.09 Å². The molecule has 2 amide bonds. The first-order chi connectivity index (χ1) is 11.8. The van der Waals surface area contributed by atoms with Gasteiger partial charge in [0.25, 0.3) is 5.91 Å². The number of nitrogens with zero attached hydrogens (tertiary/aromatic N) is 1. The van der Waals surface area contributed by atoms with Gasteiger partial charge in [-0.3, -0.25) is 4.79 Å². The number of hydrogen-bond acceptors (Lipinski definition) is 3. The second kappa shape index (κ2) is 8.37. The lowest BCUT2D eigenvalue weighted by molar-refractivity contribution is 0.0461. The Balaban J connectivity index is 1.98. The standard InChI is InChI=1S/C20H30N2O3/c1-5-22(18(23)15-10-7-6-8-11-15)17-13-9-12-16(14-17)21-19(24)25-20(2,3)4/h6-8,10-11,16-17H,5,9,12-14H2,1-4H3,(H,21,24)/t16-,17?/m1/s1. The van der Waals surface area contributed by atoms with E-state index in [2.05, 4.69) is 5.32 Å². The number of rotatable bonds is 4. The van der Waals surface area contributed by atoms with E-state index >= 15 is 0 Å². The third kappa shape index (κ3) is 5.76. The molecule has 1 aromatic rings. The van der Waals surface area contributed by atoms with Crippen LogP contribution in [-0.2, 0) is 4.74 Å². The van der Waals surface area contributed by atoms with E-state index in [-0.39, 0.29) is 24.1 Å². The molecule has 25 heavy (non-hydrogen) atoms. The molecule has 5 nitrogen and oxygen atoms in total. The molecule has 138 valence electrons. The number of alkyl carbamates (subject to hydrolysis) is 1. The van der Waals surface area contributed by atoms with E-state index in [9.17, 15) is 9.59 Å². The van der Waals surface area contributed by atoms with Crippen molar-refractivity contribution in [1.29, 1.82) is 0 Å². The molecule has 1 aromatic carbocycles. The summed E-state index contributed by atoms with van der Waals surface area (Å²) in [4.78, 5) is 26.7. The first kappa shape index (κ1) is 19.3. The fourth-order valence-corrected chi connectivity index (χ4v) is 3.37. The maximum Gasteiger partial charge on any atom is 0.407 e. The van der Waals surface area contributed by atoms with E-state index in [1.807, 2.05) is 62.9 Å². The molecule has 0 spiro atoms. The van der Waals surface area contributed by atoms with Crippen LogP contribution in [-0.4, -0.2) is 41.1 Å². The summed E-state index contributed by atoms with van der Waals surface area (Å²) in [6.07, 6.45) is 3.27. The van der Waals surface area contributed by atoms with Crippen molar-refractivity contribution in [3.8, 4) is 0 Å². The van der Waals surface area contributed by atoms with Crippen molar-refractivity contribution in [2.24, 2.45) is 0 Å². The SMILES string of the molecule is CCN(C(=O)c1ccccc1)C1CCC[C@@H](NC(=O)OC(C)(C)C)C1. The summed E-state index contributed by atoms with van der Waals surface area (Å²) in [5, 5.41) is 2.96. The number of ether oxygens (including phenoxy) is 1. The number of benzene rings is 1. The molecule has 1 fully saturated rings. The molecule has 0 aliphatic heterocycles. The molecule has 0 saturated heterocycles. The Hall–Kier alpha value is -2.04. The molecule has 2 rings (SSSR count). The molecule has 2 atom stereocenters. The molecule has 0 radical (unpaired) electrons. The summed E-state index contributed by atoms with van der Waals surface area (Å²) < 4.78 is 5.35. The number of carbonyl (C=O) groups excluding carboxylic acids is 2. The van der Waals surface area contributed by atoms with Gasteiger partial charge in [0.1, 0.15) is 5.60 Å². The van der Waals surface area contributed by atoms with Gasteiger partial charge in [-0.15, -0.1) is 0 Å². The van der Waals surface area contributed by atoms with Crippen LogP contribution in [0.1, 0.15) is 63.7 Å². The molecule has 1 unspecified atom stereocenters. The minimum Gasteiger partial charge on any atom is -0.444 e. The molecule has 1 aliphatic rings. The number of carbonyl (C=O) groups is 2. The predicted molar refractivity (Wildman–Crippen MR) is 98.6 cm³/mol. The maximum atomic E-state index is 12.8. The molecule has 1 N–H and O–H groups in total. The van der Waals surface area contributed by atoms with Crippen LogP contribution in [0.2, 0.25) is 0 Å². The van der Waals surface area contributed by atoms with Gasteiger partial charge in [0, 0.05) is 24.2 Å². The molecule has 5 heteroatoms. The highest BCUT2D eigenvalue weighted by atomic mass is 16.6. The van der Waals surface area contributed by atoms with Crippen molar-refractivity contribution in [2.45, 2.75) is 71.1 Å². The van der Waals surface area contributed by atoms with E-state index in [1.165, 1.54) is 0 Å².